The molecule has 90 valence electrons. The predicted molar refractivity (Wildman–Crippen MR) is 63.1 cm³/mol. The Hall–Kier alpha value is -1.97. The summed E-state index contributed by atoms with van der Waals surface area (Å²) in [5.41, 5.74) is 6.07. The Bertz CT molecular complexity index is 467. The molecule has 1 aliphatic heterocycles. The first-order valence-electron chi connectivity index (χ1n) is 5.49. The fourth-order valence-electron chi connectivity index (χ4n) is 1.88. The second kappa shape index (κ2) is 4.13. The van der Waals surface area contributed by atoms with Crippen LogP contribution in [0.4, 0.5) is 0 Å². The Morgan fingerprint density at radius 1 is 1.35 bits per heavy atom. The SMILES string of the molecule is C[C@@]1(CCc2ccccc2)OC(=O)C(O)=C1N. The molecule has 0 unspecified atom stereocenters. The van der Waals surface area contributed by atoms with Gasteiger partial charge in [-0.15, -0.1) is 0 Å². The van der Waals surface area contributed by atoms with Gasteiger partial charge in [-0.2, -0.15) is 0 Å². The molecule has 0 amide bonds. The minimum Gasteiger partial charge on any atom is -0.501 e. The van der Waals surface area contributed by atoms with Gasteiger partial charge in [0.05, 0.1) is 0 Å². The predicted octanol–water partition coefficient (Wildman–Crippen LogP) is 1.66. The Morgan fingerprint density at radius 2 is 2.00 bits per heavy atom. The number of esters is 1. The first kappa shape index (κ1) is 11.5. The summed E-state index contributed by atoms with van der Waals surface area (Å²) in [6, 6.07) is 9.85. The number of aliphatic hydroxyl groups is 1. The normalized spacial score (nSPS) is 23.9. The number of hydrogen-bond donors (Lipinski definition) is 2. The summed E-state index contributed by atoms with van der Waals surface area (Å²) in [4.78, 5) is 11.2. The van der Waals surface area contributed by atoms with E-state index in [0.717, 1.165) is 12.0 Å². The van der Waals surface area contributed by atoms with Gasteiger partial charge in [-0.25, -0.2) is 4.79 Å². The summed E-state index contributed by atoms with van der Waals surface area (Å²) in [6.07, 6.45) is 1.29. The Kier molecular flexibility index (Phi) is 2.79. The van der Waals surface area contributed by atoms with E-state index < -0.39 is 17.3 Å². The number of rotatable bonds is 3. The highest BCUT2D eigenvalue weighted by molar-refractivity contribution is 5.90. The summed E-state index contributed by atoms with van der Waals surface area (Å²) >= 11 is 0. The quantitative estimate of drug-likeness (QED) is 0.779. The van der Waals surface area contributed by atoms with E-state index in [9.17, 15) is 9.90 Å². The number of cyclic esters (lactones) is 1. The smallest absolute Gasteiger partial charge is 0.376 e. The highest BCUT2D eigenvalue weighted by atomic mass is 16.6. The second-order valence-electron chi connectivity index (χ2n) is 4.37. The van der Waals surface area contributed by atoms with Gasteiger partial charge in [0.2, 0.25) is 5.76 Å². The van der Waals surface area contributed by atoms with Gasteiger partial charge in [0.15, 0.2) is 5.60 Å². The zero-order valence-corrected chi connectivity index (χ0v) is 9.64. The molecule has 0 saturated carbocycles. The number of nitrogens with two attached hydrogens (primary N) is 1. The van der Waals surface area contributed by atoms with E-state index in [1.54, 1.807) is 6.92 Å². The van der Waals surface area contributed by atoms with E-state index in [1.807, 2.05) is 30.3 Å². The lowest BCUT2D eigenvalue weighted by Crippen LogP contribution is -2.32. The van der Waals surface area contributed by atoms with E-state index in [-0.39, 0.29) is 5.70 Å². The van der Waals surface area contributed by atoms with Crippen LogP contribution in [0.1, 0.15) is 18.9 Å². The van der Waals surface area contributed by atoms with Crippen molar-refractivity contribution in [1.82, 2.24) is 0 Å². The van der Waals surface area contributed by atoms with Gasteiger partial charge in [-0.3, -0.25) is 0 Å². The van der Waals surface area contributed by atoms with Crippen LogP contribution < -0.4 is 5.73 Å². The third-order valence-electron chi connectivity index (χ3n) is 3.07. The molecular weight excluding hydrogens is 218 g/mol. The first-order valence-corrected chi connectivity index (χ1v) is 5.49. The lowest BCUT2D eigenvalue weighted by molar-refractivity contribution is -0.148. The number of ether oxygens (including phenoxy) is 1. The molecule has 0 saturated heterocycles. The highest BCUT2D eigenvalue weighted by Gasteiger charge is 2.42. The van der Waals surface area contributed by atoms with E-state index in [1.165, 1.54) is 0 Å². The molecule has 1 aromatic carbocycles. The second-order valence-corrected chi connectivity index (χ2v) is 4.37. The van der Waals surface area contributed by atoms with Crippen molar-refractivity contribution in [1.29, 1.82) is 0 Å². The molecule has 0 aliphatic carbocycles. The van der Waals surface area contributed by atoms with Crippen molar-refractivity contribution < 1.29 is 14.6 Å². The van der Waals surface area contributed by atoms with Gasteiger partial charge in [0.25, 0.3) is 0 Å². The van der Waals surface area contributed by atoms with Gasteiger partial charge in [-0.1, -0.05) is 30.3 Å². The van der Waals surface area contributed by atoms with Crippen LogP contribution in [0.5, 0.6) is 0 Å². The maximum atomic E-state index is 11.2. The molecule has 0 aromatic heterocycles. The first-order chi connectivity index (χ1) is 8.03. The van der Waals surface area contributed by atoms with Crippen LogP contribution >= 0.6 is 0 Å². The van der Waals surface area contributed by atoms with Crippen LogP contribution in [0.25, 0.3) is 0 Å². The molecule has 4 heteroatoms. The lowest BCUT2D eigenvalue weighted by atomic mass is 9.94. The minimum absolute atomic E-state index is 0.124. The van der Waals surface area contributed by atoms with Gasteiger partial charge >= 0.3 is 5.97 Å². The Balaban J connectivity index is 2.08. The lowest BCUT2D eigenvalue weighted by Gasteiger charge is -2.23. The molecule has 1 aromatic rings. The third-order valence-corrected chi connectivity index (χ3v) is 3.07. The maximum absolute atomic E-state index is 11.2. The van der Waals surface area contributed by atoms with Crippen molar-refractivity contribution in [2.45, 2.75) is 25.4 Å². The van der Waals surface area contributed by atoms with Crippen LogP contribution in [0, 0.1) is 0 Å². The van der Waals surface area contributed by atoms with Gasteiger partial charge < -0.3 is 15.6 Å². The van der Waals surface area contributed by atoms with Gasteiger partial charge in [0.1, 0.15) is 5.70 Å². The van der Waals surface area contributed by atoms with Crippen molar-refractivity contribution in [2.75, 3.05) is 0 Å². The molecule has 1 aliphatic rings. The molecule has 1 atom stereocenters. The van der Waals surface area contributed by atoms with E-state index in [0.29, 0.717) is 6.42 Å². The monoisotopic (exact) mass is 233 g/mol. The van der Waals surface area contributed by atoms with Crippen LogP contribution in [-0.2, 0) is 16.0 Å². The average molecular weight is 233 g/mol. The summed E-state index contributed by atoms with van der Waals surface area (Å²) in [5, 5.41) is 9.38. The largest absolute Gasteiger partial charge is 0.501 e. The fraction of sp³-hybridized carbons (Fsp3) is 0.308. The van der Waals surface area contributed by atoms with Crippen LogP contribution in [0.2, 0.25) is 0 Å². The molecule has 0 bridgehead atoms. The Morgan fingerprint density at radius 3 is 2.53 bits per heavy atom. The summed E-state index contributed by atoms with van der Waals surface area (Å²) in [5.74, 6) is -1.20. The third kappa shape index (κ3) is 2.11. The zero-order valence-electron chi connectivity index (χ0n) is 9.64. The number of benzene rings is 1. The van der Waals surface area contributed by atoms with E-state index >= 15 is 0 Å². The highest BCUT2D eigenvalue weighted by Crippen LogP contribution is 2.32. The molecule has 0 fully saturated rings. The minimum atomic E-state index is -0.892. The van der Waals surface area contributed by atoms with E-state index in [4.69, 9.17) is 10.5 Å². The standard InChI is InChI=1S/C13H15NO3/c1-13(11(14)10(15)12(16)17-13)8-7-9-5-3-2-4-6-9/h2-6,15H,7-8,14H2,1H3/t13-/m0/s1. The van der Waals surface area contributed by atoms with Crippen molar-refractivity contribution in [3.05, 3.63) is 47.4 Å². The van der Waals surface area contributed by atoms with Crippen LogP contribution in [0.3, 0.4) is 0 Å². The number of aliphatic hydroxyl groups excluding tert-OH is 1. The summed E-state index contributed by atoms with van der Waals surface area (Å²) < 4.78 is 5.11. The van der Waals surface area contributed by atoms with Gasteiger partial charge in [-0.05, 0) is 25.3 Å². The van der Waals surface area contributed by atoms with Crippen LogP contribution in [0.15, 0.2) is 41.8 Å². The summed E-state index contributed by atoms with van der Waals surface area (Å²) in [6.45, 7) is 1.71. The molecule has 0 radical (unpaired) electrons. The van der Waals surface area contributed by atoms with Crippen molar-refractivity contribution in [2.24, 2.45) is 5.73 Å². The van der Waals surface area contributed by atoms with Crippen molar-refractivity contribution in [3.8, 4) is 0 Å². The molecule has 17 heavy (non-hydrogen) atoms. The van der Waals surface area contributed by atoms with E-state index in [2.05, 4.69) is 0 Å². The number of carbonyl (C=O) groups is 1. The Labute approximate surface area is 99.7 Å². The fourth-order valence-corrected chi connectivity index (χ4v) is 1.88. The van der Waals surface area contributed by atoms with Crippen LogP contribution in [-0.4, -0.2) is 16.7 Å². The molecule has 1 heterocycles. The maximum Gasteiger partial charge on any atom is 0.376 e. The number of carbonyl (C=O) groups excluding carboxylic acids is 1. The number of hydrogen-bond acceptors (Lipinski definition) is 4. The molecule has 3 N–H and O–H groups in total. The topological polar surface area (TPSA) is 72.5 Å². The summed E-state index contributed by atoms with van der Waals surface area (Å²) in [7, 11) is 0. The molecular formula is C13H15NO3. The molecule has 2 rings (SSSR count). The van der Waals surface area contributed by atoms with Gasteiger partial charge in [0, 0.05) is 0 Å². The molecule has 4 nitrogen and oxygen atoms in total. The molecule has 0 spiro atoms. The average Bonchev–Trinajstić information content (AvgIpc) is 2.53. The number of aryl methyl sites for hydroxylation is 1. The van der Waals surface area contributed by atoms with Crippen molar-refractivity contribution >= 4 is 5.97 Å². The zero-order chi connectivity index (χ0) is 12.5. The van der Waals surface area contributed by atoms with Crippen molar-refractivity contribution in [3.63, 3.8) is 0 Å².